The third-order valence-corrected chi connectivity index (χ3v) is 6.82. The van der Waals surface area contributed by atoms with Crippen LogP contribution in [0.3, 0.4) is 0 Å². The third kappa shape index (κ3) is 7.22. The third-order valence-electron chi connectivity index (χ3n) is 5.13. The van der Waals surface area contributed by atoms with Gasteiger partial charge in [0.1, 0.15) is 11.9 Å². The van der Waals surface area contributed by atoms with Gasteiger partial charge in [-0.3, -0.25) is 9.59 Å². The minimum atomic E-state index is -1.03. The van der Waals surface area contributed by atoms with E-state index in [1.807, 2.05) is 12.1 Å². The standard InChI is InChI=1S/C23H25Cl2N5O3S/c24-14-5-4-13(15(25)12-14)8-10-29-22(31)20-7-6-19(34-20)18-9-11-28-21(30-18)16(26)2-1-3-17(27)23(32)33/h4-7,9,11-12,16-17H,1-3,8,10,26-27H2,(H,29,31)(H,32,33)/t16?,17-/m0/s1. The number of nitrogens with two attached hydrogens (primary N) is 2. The molecule has 0 saturated carbocycles. The topological polar surface area (TPSA) is 144 Å². The van der Waals surface area contributed by atoms with Crippen molar-refractivity contribution in [2.24, 2.45) is 11.5 Å². The lowest BCUT2D eigenvalue weighted by Crippen LogP contribution is -2.30. The van der Waals surface area contributed by atoms with Crippen molar-refractivity contribution in [3.63, 3.8) is 0 Å². The maximum Gasteiger partial charge on any atom is 0.320 e. The second kappa shape index (κ2) is 12.2. The fourth-order valence-corrected chi connectivity index (χ4v) is 4.61. The molecule has 0 fully saturated rings. The first-order chi connectivity index (χ1) is 16.2. The minimum absolute atomic E-state index is 0.179. The van der Waals surface area contributed by atoms with Crippen LogP contribution in [-0.2, 0) is 11.2 Å². The Morgan fingerprint density at radius 3 is 2.65 bits per heavy atom. The number of nitrogens with one attached hydrogen (secondary N) is 1. The monoisotopic (exact) mass is 521 g/mol. The average molecular weight is 522 g/mol. The fraction of sp³-hybridized carbons (Fsp3) is 0.304. The Balaban J connectivity index is 1.56. The molecule has 180 valence electrons. The first-order valence-corrected chi connectivity index (χ1v) is 12.2. The summed E-state index contributed by atoms with van der Waals surface area (Å²) in [7, 11) is 0. The van der Waals surface area contributed by atoms with Crippen molar-refractivity contribution in [3.05, 3.63) is 68.9 Å². The zero-order chi connectivity index (χ0) is 24.7. The van der Waals surface area contributed by atoms with Crippen molar-refractivity contribution in [2.75, 3.05) is 6.54 Å². The van der Waals surface area contributed by atoms with Crippen LogP contribution in [0.2, 0.25) is 10.0 Å². The Morgan fingerprint density at radius 1 is 1.12 bits per heavy atom. The highest BCUT2D eigenvalue weighted by Gasteiger charge is 2.16. The molecule has 0 saturated heterocycles. The van der Waals surface area contributed by atoms with Gasteiger partial charge in [-0.1, -0.05) is 29.3 Å². The summed E-state index contributed by atoms with van der Waals surface area (Å²) in [6.45, 7) is 0.436. The van der Waals surface area contributed by atoms with E-state index in [1.54, 1.807) is 30.5 Å². The van der Waals surface area contributed by atoms with Gasteiger partial charge in [0.15, 0.2) is 0 Å². The van der Waals surface area contributed by atoms with E-state index >= 15 is 0 Å². The van der Waals surface area contributed by atoms with Crippen molar-refractivity contribution >= 4 is 46.4 Å². The highest BCUT2D eigenvalue weighted by atomic mass is 35.5. The van der Waals surface area contributed by atoms with E-state index in [0.717, 1.165) is 10.4 Å². The van der Waals surface area contributed by atoms with E-state index in [-0.39, 0.29) is 5.91 Å². The first-order valence-electron chi connectivity index (χ1n) is 10.6. The van der Waals surface area contributed by atoms with Crippen molar-refractivity contribution in [2.45, 2.75) is 37.8 Å². The molecule has 0 aliphatic heterocycles. The zero-order valence-corrected chi connectivity index (χ0v) is 20.5. The van der Waals surface area contributed by atoms with Crippen molar-refractivity contribution in [1.82, 2.24) is 15.3 Å². The Kier molecular flexibility index (Phi) is 9.37. The maximum absolute atomic E-state index is 12.6. The Morgan fingerprint density at radius 2 is 1.91 bits per heavy atom. The lowest BCUT2D eigenvalue weighted by Gasteiger charge is -2.12. The molecule has 1 aromatic carbocycles. The van der Waals surface area contributed by atoms with E-state index in [1.165, 1.54) is 11.3 Å². The molecular weight excluding hydrogens is 497 g/mol. The molecule has 0 spiro atoms. The largest absolute Gasteiger partial charge is 0.480 e. The summed E-state index contributed by atoms with van der Waals surface area (Å²) in [5.74, 6) is -0.749. The summed E-state index contributed by atoms with van der Waals surface area (Å²) in [6, 6.07) is 9.28. The van der Waals surface area contributed by atoms with Crippen LogP contribution in [0.5, 0.6) is 0 Å². The molecule has 0 bridgehead atoms. The number of carbonyl (C=O) groups excluding carboxylic acids is 1. The van der Waals surface area contributed by atoms with Gasteiger partial charge in [-0.25, -0.2) is 9.97 Å². The number of hydrogen-bond acceptors (Lipinski definition) is 7. The van der Waals surface area contributed by atoms with Crippen LogP contribution in [0.25, 0.3) is 10.6 Å². The zero-order valence-electron chi connectivity index (χ0n) is 18.2. The van der Waals surface area contributed by atoms with Crippen molar-refractivity contribution in [3.8, 4) is 10.6 Å². The molecule has 3 aromatic rings. The summed E-state index contributed by atoms with van der Waals surface area (Å²) in [6.07, 6.45) is 3.60. The van der Waals surface area contributed by atoms with Crippen molar-refractivity contribution < 1.29 is 14.7 Å². The van der Waals surface area contributed by atoms with Crippen LogP contribution in [-0.4, -0.2) is 39.5 Å². The molecule has 6 N–H and O–H groups in total. The van der Waals surface area contributed by atoms with Crippen LogP contribution in [0, 0.1) is 0 Å². The number of nitrogens with zero attached hydrogens (tertiary/aromatic N) is 2. The smallest absolute Gasteiger partial charge is 0.320 e. The summed E-state index contributed by atoms with van der Waals surface area (Å²) < 4.78 is 0. The summed E-state index contributed by atoms with van der Waals surface area (Å²) in [5, 5.41) is 12.9. The van der Waals surface area contributed by atoms with Crippen LogP contribution in [0.1, 0.15) is 46.4 Å². The molecule has 11 heteroatoms. The summed E-state index contributed by atoms with van der Waals surface area (Å²) >= 11 is 13.4. The van der Waals surface area contributed by atoms with E-state index in [9.17, 15) is 9.59 Å². The molecule has 1 amide bonds. The summed E-state index contributed by atoms with van der Waals surface area (Å²) in [4.78, 5) is 33.5. The average Bonchev–Trinajstić information content (AvgIpc) is 3.31. The van der Waals surface area contributed by atoms with Crippen molar-refractivity contribution in [1.29, 1.82) is 0 Å². The number of aromatic nitrogens is 2. The molecule has 2 heterocycles. The number of rotatable bonds is 11. The van der Waals surface area contributed by atoms with Gasteiger partial charge >= 0.3 is 5.97 Å². The Hall–Kier alpha value is -2.56. The molecule has 3 rings (SSSR count). The molecule has 0 aliphatic rings. The van der Waals surface area contributed by atoms with Gasteiger partial charge in [-0.05, 0) is 61.6 Å². The Labute approximate surface area is 211 Å². The lowest BCUT2D eigenvalue weighted by atomic mass is 10.1. The molecular formula is C23H25Cl2N5O3S. The van der Waals surface area contributed by atoms with Gasteiger partial charge < -0.3 is 21.9 Å². The van der Waals surface area contributed by atoms with Crippen LogP contribution in [0.15, 0.2) is 42.6 Å². The van der Waals surface area contributed by atoms with E-state index in [4.69, 9.17) is 39.8 Å². The van der Waals surface area contributed by atoms with Gasteiger partial charge in [0.2, 0.25) is 0 Å². The molecule has 2 aromatic heterocycles. The number of amides is 1. The minimum Gasteiger partial charge on any atom is -0.480 e. The highest BCUT2D eigenvalue weighted by molar-refractivity contribution is 7.17. The van der Waals surface area contributed by atoms with Gasteiger partial charge in [0.25, 0.3) is 5.91 Å². The summed E-state index contributed by atoms with van der Waals surface area (Å²) in [5.41, 5.74) is 13.3. The molecule has 0 radical (unpaired) electrons. The predicted octanol–water partition coefficient (Wildman–Crippen LogP) is 4.07. The second-order valence-corrected chi connectivity index (χ2v) is 9.62. The maximum atomic E-state index is 12.6. The van der Waals surface area contributed by atoms with Gasteiger partial charge in [0, 0.05) is 22.8 Å². The number of carbonyl (C=O) groups is 2. The number of carboxylic acid groups (broad SMARTS) is 1. The van der Waals surface area contributed by atoms with E-state index in [0.29, 0.717) is 58.7 Å². The number of hydrogen-bond donors (Lipinski definition) is 4. The number of aliphatic carboxylic acids is 1. The lowest BCUT2D eigenvalue weighted by molar-refractivity contribution is -0.138. The number of carboxylic acids is 1. The molecule has 34 heavy (non-hydrogen) atoms. The normalized spacial score (nSPS) is 12.8. The van der Waals surface area contributed by atoms with Crippen LogP contribution in [0.4, 0.5) is 0 Å². The Bertz CT molecular complexity index is 1160. The van der Waals surface area contributed by atoms with Crippen LogP contribution >= 0.6 is 34.5 Å². The fourth-order valence-electron chi connectivity index (χ4n) is 3.22. The number of halogens is 2. The second-order valence-electron chi connectivity index (χ2n) is 7.69. The quantitative estimate of drug-likeness (QED) is 0.297. The SMILES string of the molecule is NC(CCC[C@H](N)C(=O)O)c1nccc(-c2ccc(C(=O)NCCc3ccc(Cl)cc3Cl)s2)n1. The highest BCUT2D eigenvalue weighted by Crippen LogP contribution is 2.27. The van der Waals surface area contributed by atoms with Gasteiger partial charge in [0.05, 0.1) is 21.5 Å². The molecule has 1 unspecified atom stereocenters. The van der Waals surface area contributed by atoms with Crippen LogP contribution < -0.4 is 16.8 Å². The molecule has 2 atom stereocenters. The van der Waals surface area contributed by atoms with E-state index in [2.05, 4.69) is 15.3 Å². The van der Waals surface area contributed by atoms with Gasteiger partial charge in [-0.15, -0.1) is 11.3 Å². The number of benzene rings is 1. The van der Waals surface area contributed by atoms with Gasteiger partial charge in [-0.2, -0.15) is 0 Å². The van der Waals surface area contributed by atoms with E-state index < -0.39 is 18.1 Å². The molecule has 8 nitrogen and oxygen atoms in total. The molecule has 0 aliphatic carbocycles. The predicted molar refractivity (Wildman–Crippen MR) is 134 cm³/mol. The number of thiophene rings is 1. The first kappa shape index (κ1) is 26.1.